The predicted molar refractivity (Wildman–Crippen MR) is 75.7 cm³/mol. The summed E-state index contributed by atoms with van der Waals surface area (Å²) in [5, 5.41) is 0. The summed E-state index contributed by atoms with van der Waals surface area (Å²) < 4.78 is 14.1. The highest BCUT2D eigenvalue weighted by Crippen LogP contribution is 2.41. The van der Waals surface area contributed by atoms with Crippen molar-refractivity contribution in [3.63, 3.8) is 0 Å². The number of benzene rings is 1. The van der Waals surface area contributed by atoms with Crippen LogP contribution in [-0.2, 0) is 10.2 Å². The first-order valence-corrected chi connectivity index (χ1v) is 7.11. The molecule has 0 heterocycles. The van der Waals surface area contributed by atoms with Crippen molar-refractivity contribution in [1.29, 1.82) is 0 Å². The maximum Gasteiger partial charge on any atom is 0.137 e. The van der Waals surface area contributed by atoms with Gasteiger partial charge in [0.15, 0.2) is 0 Å². The fourth-order valence-electron chi connectivity index (χ4n) is 3.28. The van der Waals surface area contributed by atoms with Gasteiger partial charge < -0.3 is 0 Å². The molecule has 0 amide bonds. The molecular formula is C17H23FO. The molecule has 1 fully saturated rings. The average Bonchev–Trinajstić information content (AvgIpc) is 2.31. The number of carbonyl (C=O) groups is 1. The van der Waals surface area contributed by atoms with E-state index in [1.807, 2.05) is 26.8 Å². The normalized spacial score (nSPS) is 24.6. The van der Waals surface area contributed by atoms with Crippen LogP contribution in [-0.4, -0.2) is 5.78 Å². The third kappa shape index (κ3) is 2.72. The number of hydrogen-bond donors (Lipinski definition) is 0. The summed E-state index contributed by atoms with van der Waals surface area (Å²) in [5.41, 5.74) is 1.30. The Labute approximate surface area is 115 Å². The van der Waals surface area contributed by atoms with Crippen molar-refractivity contribution < 1.29 is 9.18 Å². The monoisotopic (exact) mass is 262 g/mol. The summed E-state index contributed by atoms with van der Waals surface area (Å²) in [5.74, 6) is 0.522. The smallest absolute Gasteiger partial charge is 0.137 e. The van der Waals surface area contributed by atoms with Gasteiger partial charge in [-0.3, -0.25) is 4.79 Å². The maximum atomic E-state index is 14.1. The molecule has 0 spiro atoms. The van der Waals surface area contributed by atoms with E-state index in [4.69, 9.17) is 0 Å². The van der Waals surface area contributed by atoms with Gasteiger partial charge in [-0.1, -0.05) is 38.5 Å². The first kappa shape index (κ1) is 14.2. The molecule has 0 aromatic heterocycles. The van der Waals surface area contributed by atoms with Gasteiger partial charge in [0, 0.05) is 17.8 Å². The SMILES string of the molecule is Cc1ccc(F)c(C(C)(C)C2CCC(C)CC2=O)c1. The van der Waals surface area contributed by atoms with E-state index in [0.29, 0.717) is 23.7 Å². The van der Waals surface area contributed by atoms with Crippen LogP contribution in [0.4, 0.5) is 4.39 Å². The standard InChI is InChI=1S/C17H23FO/c1-11-6-8-15(18)14(9-11)17(3,4)13-7-5-12(2)10-16(13)19/h6,8-9,12-13H,5,7,10H2,1-4H3. The summed E-state index contributed by atoms with van der Waals surface area (Å²) in [6, 6.07) is 5.18. The first-order chi connectivity index (χ1) is 8.82. The van der Waals surface area contributed by atoms with Crippen molar-refractivity contribution in [1.82, 2.24) is 0 Å². The molecule has 2 atom stereocenters. The zero-order chi connectivity index (χ0) is 14.2. The van der Waals surface area contributed by atoms with Crippen molar-refractivity contribution in [2.24, 2.45) is 11.8 Å². The third-order valence-corrected chi connectivity index (χ3v) is 4.57. The van der Waals surface area contributed by atoms with Gasteiger partial charge in [0.25, 0.3) is 0 Å². The lowest BCUT2D eigenvalue weighted by Gasteiger charge is -2.38. The van der Waals surface area contributed by atoms with Crippen molar-refractivity contribution >= 4 is 5.78 Å². The molecule has 0 saturated heterocycles. The van der Waals surface area contributed by atoms with E-state index in [2.05, 4.69) is 6.92 Å². The Morgan fingerprint density at radius 1 is 1.26 bits per heavy atom. The fourth-order valence-corrected chi connectivity index (χ4v) is 3.28. The quantitative estimate of drug-likeness (QED) is 0.771. The largest absolute Gasteiger partial charge is 0.299 e. The molecule has 2 unspecified atom stereocenters. The minimum absolute atomic E-state index is 0.0556. The van der Waals surface area contributed by atoms with Gasteiger partial charge in [0.2, 0.25) is 0 Å². The molecule has 1 aliphatic carbocycles. The minimum atomic E-state index is -0.423. The number of hydrogen-bond acceptors (Lipinski definition) is 1. The van der Waals surface area contributed by atoms with E-state index in [-0.39, 0.29) is 11.7 Å². The number of halogens is 1. The van der Waals surface area contributed by atoms with E-state index >= 15 is 0 Å². The molecule has 19 heavy (non-hydrogen) atoms. The summed E-state index contributed by atoms with van der Waals surface area (Å²) in [4.78, 5) is 12.3. The zero-order valence-corrected chi connectivity index (χ0v) is 12.3. The van der Waals surface area contributed by atoms with Crippen LogP contribution in [0, 0.1) is 24.6 Å². The summed E-state index contributed by atoms with van der Waals surface area (Å²) in [6.45, 7) is 8.09. The van der Waals surface area contributed by atoms with E-state index in [1.165, 1.54) is 6.07 Å². The van der Waals surface area contributed by atoms with Crippen molar-refractivity contribution in [2.75, 3.05) is 0 Å². The van der Waals surface area contributed by atoms with Crippen LogP contribution >= 0.6 is 0 Å². The topological polar surface area (TPSA) is 17.1 Å². The lowest BCUT2D eigenvalue weighted by Crippen LogP contribution is -2.39. The zero-order valence-electron chi connectivity index (χ0n) is 12.3. The van der Waals surface area contributed by atoms with Gasteiger partial charge in [-0.25, -0.2) is 4.39 Å². The van der Waals surface area contributed by atoms with Crippen molar-refractivity contribution in [3.8, 4) is 0 Å². The van der Waals surface area contributed by atoms with Crippen LogP contribution in [0.2, 0.25) is 0 Å². The van der Waals surface area contributed by atoms with Crippen LogP contribution in [0.15, 0.2) is 18.2 Å². The maximum absolute atomic E-state index is 14.1. The highest BCUT2D eigenvalue weighted by atomic mass is 19.1. The molecule has 1 nitrogen and oxygen atoms in total. The lowest BCUT2D eigenvalue weighted by atomic mass is 9.65. The lowest BCUT2D eigenvalue weighted by molar-refractivity contribution is -0.128. The molecule has 104 valence electrons. The Morgan fingerprint density at radius 3 is 2.58 bits per heavy atom. The second-order valence-electron chi connectivity index (χ2n) is 6.61. The number of Topliss-reactive ketones (excluding diaryl/α,β-unsaturated/α-hetero) is 1. The van der Waals surface area contributed by atoms with Crippen LogP contribution in [0.5, 0.6) is 0 Å². The van der Waals surface area contributed by atoms with Gasteiger partial charge in [-0.15, -0.1) is 0 Å². The second kappa shape index (κ2) is 5.07. The molecular weight excluding hydrogens is 239 g/mol. The van der Waals surface area contributed by atoms with Gasteiger partial charge >= 0.3 is 0 Å². The molecule has 1 aliphatic rings. The van der Waals surface area contributed by atoms with Crippen LogP contribution in [0.1, 0.15) is 51.2 Å². The second-order valence-corrected chi connectivity index (χ2v) is 6.61. The van der Waals surface area contributed by atoms with Crippen LogP contribution in [0.25, 0.3) is 0 Å². The van der Waals surface area contributed by atoms with Gasteiger partial charge in [0.1, 0.15) is 11.6 Å². The summed E-state index contributed by atoms with van der Waals surface area (Å²) in [6.07, 6.45) is 2.58. The molecule has 0 bridgehead atoms. The Hall–Kier alpha value is -1.18. The molecule has 1 aromatic carbocycles. The molecule has 0 aliphatic heterocycles. The Bertz CT molecular complexity index is 490. The van der Waals surface area contributed by atoms with Crippen LogP contribution in [0.3, 0.4) is 0 Å². The highest BCUT2D eigenvalue weighted by molar-refractivity contribution is 5.83. The Kier molecular flexibility index (Phi) is 3.80. The van der Waals surface area contributed by atoms with Crippen LogP contribution < -0.4 is 0 Å². The molecule has 1 aromatic rings. The summed E-state index contributed by atoms with van der Waals surface area (Å²) in [7, 11) is 0. The molecule has 1 saturated carbocycles. The third-order valence-electron chi connectivity index (χ3n) is 4.57. The van der Waals surface area contributed by atoms with E-state index in [9.17, 15) is 9.18 Å². The molecule has 2 heteroatoms. The average molecular weight is 262 g/mol. The predicted octanol–water partition coefficient (Wildman–Crippen LogP) is 4.42. The Morgan fingerprint density at radius 2 is 1.95 bits per heavy atom. The van der Waals surface area contributed by atoms with Crippen molar-refractivity contribution in [3.05, 3.63) is 35.1 Å². The minimum Gasteiger partial charge on any atom is -0.299 e. The number of aryl methyl sites for hydroxylation is 1. The molecule has 2 rings (SSSR count). The molecule has 0 radical (unpaired) electrons. The number of rotatable bonds is 2. The van der Waals surface area contributed by atoms with Crippen molar-refractivity contribution in [2.45, 2.75) is 52.4 Å². The summed E-state index contributed by atoms with van der Waals surface area (Å²) >= 11 is 0. The van der Waals surface area contributed by atoms with Gasteiger partial charge in [-0.2, -0.15) is 0 Å². The fraction of sp³-hybridized carbons (Fsp3) is 0.588. The van der Waals surface area contributed by atoms with E-state index in [1.54, 1.807) is 6.07 Å². The number of ketones is 1. The van der Waals surface area contributed by atoms with Gasteiger partial charge in [-0.05, 0) is 37.3 Å². The van der Waals surface area contributed by atoms with Gasteiger partial charge in [0.05, 0.1) is 0 Å². The highest BCUT2D eigenvalue weighted by Gasteiger charge is 2.40. The van der Waals surface area contributed by atoms with E-state index in [0.717, 1.165) is 18.4 Å². The molecule has 0 N–H and O–H groups in total. The Balaban J connectivity index is 2.36. The number of carbonyl (C=O) groups excluding carboxylic acids is 1. The first-order valence-electron chi connectivity index (χ1n) is 7.11. The van der Waals surface area contributed by atoms with E-state index < -0.39 is 5.41 Å².